The molecule has 1 amide bonds. The van der Waals surface area contributed by atoms with Gasteiger partial charge in [-0.15, -0.1) is 0 Å². The third kappa shape index (κ3) is 2.52. The van der Waals surface area contributed by atoms with E-state index in [0.717, 1.165) is 16.5 Å². The Morgan fingerprint density at radius 2 is 1.75 bits per heavy atom. The van der Waals surface area contributed by atoms with Crippen molar-refractivity contribution < 1.29 is 9.21 Å². The summed E-state index contributed by atoms with van der Waals surface area (Å²) in [5.41, 5.74) is 2.42. The van der Waals surface area contributed by atoms with Gasteiger partial charge in [-0.25, -0.2) is 4.98 Å². The topological polar surface area (TPSA) is 68.0 Å². The van der Waals surface area contributed by atoms with Crippen molar-refractivity contribution in [2.24, 2.45) is 0 Å². The van der Waals surface area contributed by atoms with Gasteiger partial charge in [0, 0.05) is 17.1 Å². The highest BCUT2D eigenvalue weighted by Gasteiger charge is 2.19. The second kappa shape index (κ2) is 5.96. The number of nitrogens with one attached hydrogen (secondary N) is 1. The molecule has 0 bridgehead atoms. The van der Waals surface area contributed by atoms with Crippen LogP contribution < -0.4 is 5.32 Å². The molecule has 0 atom stereocenters. The summed E-state index contributed by atoms with van der Waals surface area (Å²) in [6, 6.07) is 18.9. The van der Waals surface area contributed by atoms with E-state index in [9.17, 15) is 4.79 Å². The Hall–Kier alpha value is -3.47. The summed E-state index contributed by atoms with van der Waals surface area (Å²) < 4.78 is 5.41. The molecule has 0 unspecified atom stereocenters. The van der Waals surface area contributed by atoms with E-state index in [4.69, 9.17) is 4.42 Å². The van der Waals surface area contributed by atoms with Crippen LogP contribution in [0.5, 0.6) is 0 Å². The molecule has 0 saturated heterocycles. The van der Waals surface area contributed by atoms with Crippen molar-refractivity contribution in [3.8, 4) is 11.3 Å². The zero-order valence-electron chi connectivity index (χ0n) is 12.6. The highest BCUT2D eigenvalue weighted by Crippen LogP contribution is 2.25. The molecule has 0 radical (unpaired) electrons. The Morgan fingerprint density at radius 1 is 0.917 bits per heavy atom. The molecule has 0 aliphatic heterocycles. The molecule has 0 aliphatic rings. The Labute approximate surface area is 138 Å². The molecule has 2 aromatic heterocycles. The molecule has 0 spiro atoms. The molecule has 2 aromatic carbocycles. The molecule has 4 rings (SSSR count). The minimum atomic E-state index is -0.333. The van der Waals surface area contributed by atoms with E-state index in [0.29, 0.717) is 11.4 Å². The zero-order valence-corrected chi connectivity index (χ0v) is 12.6. The van der Waals surface area contributed by atoms with Crippen LogP contribution in [0, 0.1) is 0 Å². The minimum Gasteiger partial charge on any atom is -0.443 e. The summed E-state index contributed by atoms with van der Waals surface area (Å²) in [6.45, 7) is 0. The first kappa shape index (κ1) is 14.1. The largest absolute Gasteiger partial charge is 0.443 e. The van der Waals surface area contributed by atoms with Gasteiger partial charge >= 0.3 is 0 Å². The van der Waals surface area contributed by atoms with Gasteiger partial charge in [-0.1, -0.05) is 48.5 Å². The standard InChI is InChI=1S/C19H13N3O2/c23-19(17-18(24-12-21-17)14-6-2-1-3-7-14)22-15-10-4-8-13-9-5-11-20-16(13)15/h1-12H,(H,22,23). The Balaban J connectivity index is 1.70. The monoisotopic (exact) mass is 315 g/mol. The highest BCUT2D eigenvalue weighted by molar-refractivity contribution is 6.09. The quantitative estimate of drug-likeness (QED) is 0.617. The van der Waals surface area contributed by atoms with E-state index in [2.05, 4.69) is 15.3 Å². The van der Waals surface area contributed by atoms with Gasteiger partial charge in [0.05, 0.1) is 11.2 Å². The first-order chi connectivity index (χ1) is 11.8. The molecule has 0 saturated carbocycles. The second-order valence-corrected chi connectivity index (χ2v) is 5.23. The van der Waals surface area contributed by atoms with Crippen LogP contribution in [0.3, 0.4) is 0 Å². The number of oxazole rings is 1. The van der Waals surface area contributed by atoms with Crippen molar-refractivity contribution in [1.29, 1.82) is 0 Å². The molecule has 0 fully saturated rings. The molecule has 1 N–H and O–H groups in total. The van der Waals surface area contributed by atoms with Gasteiger partial charge in [-0.2, -0.15) is 0 Å². The number of aromatic nitrogens is 2. The summed E-state index contributed by atoms with van der Waals surface area (Å²) in [5.74, 6) is 0.113. The van der Waals surface area contributed by atoms with E-state index in [1.165, 1.54) is 6.39 Å². The van der Waals surface area contributed by atoms with Crippen molar-refractivity contribution >= 4 is 22.5 Å². The number of nitrogens with zero attached hydrogens (tertiary/aromatic N) is 2. The lowest BCUT2D eigenvalue weighted by Gasteiger charge is -2.07. The summed E-state index contributed by atoms with van der Waals surface area (Å²) in [6.07, 6.45) is 2.97. The summed E-state index contributed by atoms with van der Waals surface area (Å²) in [4.78, 5) is 21.1. The van der Waals surface area contributed by atoms with Crippen LogP contribution in [0.15, 0.2) is 77.7 Å². The van der Waals surface area contributed by atoms with Crippen molar-refractivity contribution in [2.75, 3.05) is 5.32 Å². The fraction of sp³-hybridized carbons (Fsp3) is 0. The van der Waals surface area contributed by atoms with Gasteiger partial charge in [-0.05, 0) is 12.1 Å². The average Bonchev–Trinajstić information content (AvgIpc) is 3.13. The minimum absolute atomic E-state index is 0.245. The molecular weight excluding hydrogens is 302 g/mol. The van der Waals surface area contributed by atoms with Crippen LogP contribution >= 0.6 is 0 Å². The van der Waals surface area contributed by atoms with Gasteiger partial charge in [-0.3, -0.25) is 9.78 Å². The number of pyridine rings is 1. The Kier molecular flexibility index (Phi) is 3.51. The van der Waals surface area contributed by atoms with Crippen LogP contribution in [0.2, 0.25) is 0 Å². The van der Waals surface area contributed by atoms with Gasteiger partial charge in [0.25, 0.3) is 5.91 Å². The number of fused-ring (bicyclic) bond motifs is 1. The molecule has 2 heterocycles. The normalized spacial score (nSPS) is 10.7. The predicted molar refractivity (Wildman–Crippen MR) is 91.6 cm³/mol. The van der Waals surface area contributed by atoms with E-state index in [1.54, 1.807) is 6.20 Å². The number of anilines is 1. The zero-order chi connectivity index (χ0) is 16.4. The number of hydrogen-bond donors (Lipinski definition) is 1. The van der Waals surface area contributed by atoms with Gasteiger partial charge in [0.15, 0.2) is 17.8 Å². The predicted octanol–water partition coefficient (Wildman–Crippen LogP) is 4.14. The number of benzene rings is 2. The first-order valence-corrected chi connectivity index (χ1v) is 7.47. The molecule has 24 heavy (non-hydrogen) atoms. The van der Waals surface area contributed by atoms with Crippen molar-refractivity contribution in [2.45, 2.75) is 0 Å². The summed E-state index contributed by atoms with van der Waals surface area (Å²) in [7, 11) is 0. The van der Waals surface area contributed by atoms with Crippen LogP contribution in [0.25, 0.3) is 22.2 Å². The van der Waals surface area contributed by atoms with E-state index in [-0.39, 0.29) is 11.6 Å². The Bertz CT molecular complexity index is 1000. The van der Waals surface area contributed by atoms with Crippen LogP contribution in [-0.2, 0) is 0 Å². The van der Waals surface area contributed by atoms with Crippen LogP contribution in [0.1, 0.15) is 10.5 Å². The van der Waals surface area contributed by atoms with E-state index in [1.807, 2.05) is 60.7 Å². The van der Waals surface area contributed by atoms with Gasteiger partial charge < -0.3 is 9.73 Å². The molecular formula is C19H13N3O2. The second-order valence-electron chi connectivity index (χ2n) is 5.23. The van der Waals surface area contributed by atoms with Crippen molar-refractivity contribution in [1.82, 2.24) is 9.97 Å². The molecule has 5 heteroatoms. The number of carbonyl (C=O) groups is 1. The van der Waals surface area contributed by atoms with Gasteiger partial charge in [0.2, 0.25) is 0 Å². The maximum atomic E-state index is 12.7. The summed E-state index contributed by atoms with van der Waals surface area (Å²) in [5, 5.41) is 3.83. The van der Waals surface area contributed by atoms with Crippen LogP contribution in [0.4, 0.5) is 5.69 Å². The fourth-order valence-electron chi connectivity index (χ4n) is 2.59. The molecule has 0 aliphatic carbocycles. The lowest BCUT2D eigenvalue weighted by Crippen LogP contribution is -2.13. The fourth-order valence-corrected chi connectivity index (χ4v) is 2.59. The number of rotatable bonds is 3. The smallest absolute Gasteiger partial charge is 0.278 e. The maximum Gasteiger partial charge on any atom is 0.278 e. The molecule has 5 nitrogen and oxygen atoms in total. The molecule has 4 aromatic rings. The number of para-hydroxylation sites is 1. The van der Waals surface area contributed by atoms with Gasteiger partial charge in [0.1, 0.15) is 0 Å². The molecule has 116 valence electrons. The lowest BCUT2D eigenvalue weighted by atomic mass is 10.1. The third-order valence-corrected chi connectivity index (χ3v) is 3.70. The number of carbonyl (C=O) groups excluding carboxylic acids is 1. The highest BCUT2D eigenvalue weighted by atomic mass is 16.3. The summed E-state index contributed by atoms with van der Waals surface area (Å²) >= 11 is 0. The van der Waals surface area contributed by atoms with E-state index >= 15 is 0 Å². The number of amides is 1. The Morgan fingerprint density at radius 3 is 2.62 bits per heavy atom. The third-order valence-electron chi connectivity index (χ3n) is 3.70. The lowest BCUT2D eigenvalue weighted by molar-refractivity contribution is 0.102. The maximum absolute atomic E-state index is 12.7. The average molecular weight is 315 g/mol. The SMILES string of the molecule is O=C(Nc1cccc2cccnc12)c1ncoc1-c1ccccc1. The first-order valence-electron chi connectivity index (χ1n) is 7.47. The van der Waals surface area contributed by atoms with Crippen LogP contribution in [-0.4, -0.2) is 15.9 Å². The van der Waals surface area contributed by atoms with Crippen molar-refractivity contribution in [3.63, 3.8) is 0 Å². The number of hydrogen-bond acceptors (Lipinski definition) is 4. The van der Waals surface area contributed by atoms with E-state index < -0.39 is 0 Å². The van der Waals surface area contributed by atoms with Crippen molar-refractivity contribution in [3.05, 3.63) is 78.9 Å².